The molecule has 0 atom stereocenters. The van der Waals surface area contributed by atoms with Gasteiger partial charge in [-0.25, -0.2) is 0 Å². The van der Waals surface area contributed by atoms with E-state index < -0.39 is 0 Å². The standard InChI is InChI=1S/C38H32Cl2N4O4/c1-21-5-15-29-31(19-35(45)41-27-11-7-25(39)8-12-27)37(47-33(29)17-21)23(3)43-44-24(4)38-32(30-16-6-22(2)18-34(30)48-38)20-36(46)42-28-13-9-26(40)10-14-28/h5-18H,19-20H2,1-4H3,(H,41,45)(H,42,46)/b43-23+,44-24+. The lowest BCUT2D eigenvalue weighted by Crippen LogP contribution is -2.16. The molecule has 0 aliphatic carbocycles. The van der Waals surface area contributed by atoms with Gasteiger partial charge in [-0.3, -0.25) is 9.59 Å². The van der Waals surface area contributed by atoms with E-state index in [1.165, 1.54) is 0 Å². The average Bonchev–Trinajstić information content (AvgIpc) is 3.59. The number of amides is 2. The van der Waals surface area contributed by atoms with Crippen LogP contribution in [-0.4, -0.2) is 23.2 Å². The van der Waals surface area contributed by atoms with Crippen LogP contribution in [0, 0.1) is 13.8 Å². The minimum absolute atomic E-state index is 0.0549. The number of rotatable bonds is 9. The molecule has 48 heavy (non-hydrogen) atoms. The number of carbonyl (C=O) groups excluding carboxylic acids is 2. The molecule has 10 heteroatoms. The lowest BCUT2D eigenvalue weighted by atomic mass is 10.0. The van der Waals surface area contributed by atoms with Crippen molar-refractivity contribution in [2.24, 2.45) is 10.2 Å². The normalized spacial score (nSPS) is 12.1. The summed E-state index contributed by atoms with van der Waals surface area (Å²) in [5, 5.41) is 17.7. The first kappa shape index (κ1) is 32.7. The van der Waals surface area contributed by atoms with Crippen molar-refractivity contribution in [2.45, 2.75) is 40.5 Å². The number of halogens is 2. The Hall–Kier alpha value is -5.18. The Morgan fingerprint density at radius 3 is 1.35 bits per heavy atom. The van der Waals surface area contributed by atoms with Crippen molar-refractivity contribution >= 4 is 79.8 Å². The van der Waals surface area contributed by atoms with Crippen molar-refractivity contribution in [3.05, 3.63) is 129 Å². The topological polar surface area (TPSA) is 109 Å². The van der Waals surface area contributed by atoms with Crippen LogP contribution >= 0.6 is 23.2 Å². The van der Waals surface area contributed by atoms with Crippen LogP contribution in [0.1, 0.15) is 47.6 Å². The molecule has 0 saturated heterocycles. The van der Waals surface area contributed by atoms with Crippen molar-refractivity contribution < 1.29 is 18.4 Å². The number of anilines is 2. The van der Waals surface area contributed by atoms with E-state index >= 15 is 0 Å². The monoisotopic (exact) mass is 678 g/mol. The zero-order valence-corrected chi connectivity index (χ0v) is 28.3. The molecule has 4 aromatic carbocycles. The molecule has 0 radical (unpaired) electrons. The molecule has 6 aromatic rings. The third-order valence-corrected chi connectivity index (χ3v) is 8.34. The quantitative estimate of drug-likeness (QED) is 0.117. The number of nitrogens with one attached hydrogen (secondary N) is 2. The molecule has 242 valence electrons. The lowest BCUT2D eigenvalue weighted by molar-refractivity contribution is -0.116. The number of benzene rings is 4. The molecule has 2 N–H and O–H groups in total. The van der Waals surface area contributed by atoms with Crippen LogP contribution in [0.3, 0.4) is 0 Å². The Morgan fingerprint density at radius 1 is 0.604 bits per heavy atom. The van der Waals surface area contributed by atoms with Crippen LogP contribution in [0.25, 0.3) is 21.9 Å². The van der Waals surface area contributed by atoms with Crippen molar-refractivity contribution in [3.63, 3.8) is 0 Å². The Balaban J connectivity index is 1.32. The molecule has 0 bridgehead atoms. The highest BCUT2D eigenvalue weighted by Crippen LogP contribution is 2.31. The largest absolute Gasteiger partial charge is 0.454 e. The summed E-state index contributed by atoms with van der Waals surface area (Å²) in [6, 6.07) is 25.6. The van der Waals surface area contributed by atoms with Gasteiger partial charge >= 0.3 is 0 Å². The summed E-state index contributed by atoms with van der Waals surface area (Å²) in [6.07, 6.45) is 0.110. The molecule has 2 aromatic heterocycles. The van der Waals surface area contributed by atoms with Crippen LogP contribution in [0.2, 0.25) is 10.0 Å². The molecular formula is C38H32Cl2N4O4. The second-order valence-corrected chi connectivity index (χ2v) is 12.5. The van der Waals surface area contributed by atoms with E-state index in [2.05, 4.69) is 20.8 Å². The number of furan rings is 2. The second-order valence-electron chi connectivity index (χ2n) is 11.7. The number of hydrogen-bond acceptors (Lipinski definition) is 6. The average molecular weight is 680 g/mol. The van der Waals surface area contributed by atoms with Gasteiger partial charge in [0.15, 0.2) is 11.5 Å². The minimum atomic E-state index is -0.214. The summed E-state index contributed by atoms with van der Waals surface area (Å²) < 4.78 is 12.5. The van der Waals surface area contributed by atoms with Gasteiger partial charge in [-0.2, -0.15) is 10.2 Å². The third-order valence-electron chi connectivity index (χ3n) is 7.83. The van der Waals surface area contributed by atoms with E-state index in [1.807, 2.05) is 50.2 Å². The summed E-state index contributed by atoms with van der Waals surface area (Å²) in [7, 11) is 0. The van der Waals surface area contributed by atoms with Crippen molar-refractivity contribution in [2.75, 3.05) is 10.6 Å². The Kier molecular flexibility index (Phi) is 9.48. The maximum atomic E-state index is 13.2. The first-order valence-electron chi connectivity index (χ1n) is 15.3. The first-order valence-corrected chi connectivity index (χ1v) is 16.0. The van der Waals surface area contributed by atoms with Gasteiger partial charge in [-0.05, 0) is 99.5 Å². The number of fused-ring (bicyclic) bond motifs is 2. The van der Waals surface area contributed by atoms with Crippen LogP contribution in [-0.2, 0) is 22.4 Å². The maximum Gasteiger partial charge on any atom is 0.228 e. The van der Waals surface area contributed by atoms with Crippen molar-refractivity contribution in [3.8, 4) is 0 Å². The van der Waals surface area contributed by atoms with E-state index in [0.717, 1.165) is 21.9 Å². The lowest BCUT2D eigenvalue weighted by Gasteiger charge is -2.07. The van der Waals surface area contributed by atoms with Crippen LogP contribution < -0.4 is 10.6 Å². The molecule has 0 unspecified atom stereocenters. The van der Waals surface area contributed by atoms with Gasteiger partial charge in [-0.15, -0.1) is 0 Å². The molecule has 2 amide bonds. The summed E-state index contributed by atoms with van der Waals surface area (Å²) in [5.41, 5.74) is 6.98. The highest BCUT2D eigenvalue weighted by Gasteiger charge is 2.22. The van der Waals surface area contributed by atoms with Gasteiger partial charge < -0.3 is 19.5 Å². The summed E-state index contributed by atoms with van der Waals surface area (Å²) in [4.78, 5) is 26.3. The Morgan fingerprint density at radius 2 is 0.979 bits per heavy atom. The van der Waals surface area contributed by atoms with Gasteiger partial charge in [-0.1, -0.05) is 47.5 Å². The van der Waals surface area contributed by atoms with Gasteiger partial charge in [0.1, 0.15) is 22.6 Å². The molecule has 0 fully saturated rings. The molecule has 2 heterocycles. The number of hydrogen-bond donors (Lipinski definition) is 2. The van der Waals surface area contributed by atoms with Gasteiger partial charge in [0.25, 0.3) is 0 Å². The highest BCUT2D eigenvalue weighted by molar-refractivity contribution is 6.31. The first-order chi connectivity index (χ1) is 23.0. The second kappa shape index (κ2) is 13.9. The molecule has 0 saturated carbocycles. The molecular weight excluding hydrogens is 647 g/mol. The fraction of sp³-hybridized carbons (Fsp3) is 0.158. The van der Waals surface area contributed by atoms with Gasteiger partial charge in [0.05, 0.1) is 12.8 Å². The summed E-state index contributed by atoms with van der Waals surface area (Å²) >= 11 is 12.0. The summed E-state index contributed by atoms with van der Waals surface area (Å²) in [5.74, 6) is 0.490. The maximum absolute atomic E-state index is 13.2. The zero-order chi connectivity index (χ0) is 33.9. The highest BCUT2D eigenvalue weighted by atomic mass is 35.5. The van der Waals surface area contributed by atoms with Crippen molar-refractivity contribution in [1.29, 1.82) is 0 Å². The van der Waals surface area contributed by atoms with E-state index in [0.29, 0.717) is 66.7 Å². The molecule has 0 aliphatic rings. The minimum Gasteiger partial charge on any atom is -0.454 e. The predicted molar refractivity (Wildman–Crippen MR) is 194 cm³/mol. The van der Waals surface area contributed by atoms with Crippen molar-refractivity contribution in [1.82, 2.24) is 0 Å². The predicted octanol–water partition coefficient (Wildman–Crippen LogP) is 9.70. The summed E-state index contributed by atoms with van der Waals surface area (Å²) in [6.45, 7) is 7.52. The zero-order valence-electron chi connectivity index (χ0n) is 26.8. The van der Waals surface area contributed by atoms with E-state index in [4.69, 9.17) is 32.0 Å². The fourth-order valence-electron chi connectivity index (χ4n) is 5.49. The molecule has 0 spiro atoms. The fourth-order valence-corrected chi connectivity index (χ4v) is 5.74. The third kappa shape index (κ3) is 7.35. The Bertz CT molecular complexity index is 2070. The SMILES string of the molecule is C/C(=N\N=C(/C)c1oc2cc(C)ccc2c1CC(=O)Nc1ccc(Cl)cc1)c1oc2cc(C)ccc2c1CC(=O)Nc1ccc(Cl)cc1. The van der Waals surface area contributed by atoms with Crippen LogP contribution in [0.4, 0.5) is 11.4 Å². The smallest absolute Gasteiger partial charge is 0.228 e. The van der Waals surface area contributed by atoms with E-state index in [-0.39, 0.29) is 24.7 Å². The number of nitrogens with zero attached hydrogens (tertiary/aromatic N) is 2. The van der Waals surface area contributed by atoms with Gasteiger partial charge in [0, 0.05) is 43.3 Å². The number of carbonyl (C=O) groups is 2. The Labute approximate surface area is 287 Å². The van der Waals surface area contributed by atoms with Gasteiger partial charge in [0.2, 0.25) is 11.8 Å². The van der Waals surface area contributed by atoms with E-state index in [1.54, 1.807) is 62.4 Å². The molecule has 6 rings (SSSR count). The van der Waals surface area contributed by atoms with Crippen LogP contribution in [0.5, 0.6) is 0 Å². The van der Waals surface area contributed by atoms with Crippen LogP contribution in [0.15, 0.2) is 104 Å². The molecule has 8 nitrogen and oxygen atoms in total. The number of aryl methyl sites for hydroxylation is 2. The molecule has 0 aliphatic heterocycles. The van der Waals surface area contributed by atoms with E-state index in [9.17, 15) is 9.59 Å².